The summed E-state index contributed by atoms with van der Waals surface area (Å²) in [5.41, 5.74) is 2.63. The van der Waals surface area contributed by atoms with Crippen LogP contribution < -0.4 is 10.9 Å². The number of nitrogens with one attached hydrogen (secondary N) is 2. The van der Waals surface area contributed by atoms with Crippen molar-refractivity contribution < 1.29 is 35.9 Å². The number of sulfone groups is 1. The highest BCUT2D eigenvalue weighted by Gasteiger charge is 2.43. The zero-order valence-electron chi connectivity index (χ0n) is 17.0. The van der Waals surface area contributed by atoms with E-state index >= 15 is 0 Å². The van der Waals surface area contributed by atoms with Crippen LogP contribution in [0.1, 0.15) is 34.3 Å². The smallest absolute Gasteiger partial charge is 0.381 e. The van der Waals surface area contributed by atoms with Crippen molar-refractivity contribution >= 4 is 21.7 Å². The van der Waals surface area contributed by atoms with Gasteiger partial charge in [0.05, 0.1) is 15.9 Å². The molecule has 11 heteroatoms. The number of carbonyl (C=O) groups excluding carboxylic acids is 2. The lowest BCUT2D eigenvalue weighted by Crippen LogP contribution is -2.53. The molecule has 2 amide bonds. The number of hydrazine groups is 1. The number of halogens is 3. The number of hydrogen-bond acceptors (Lipinski definition) is 5. The maximum Gasteiger partial charge on any atom is 0.416 e. The Kier molecular flexibility index (Phi) is 6.61. The van der Waals surface area contributed by atoms with Gasteiger partial charge in [-0.05, 0) is 48.7 Å². The molecule has 0 saturated carbocycles. The summed E-state index contributed by atoms with van der Waals surface area (Å²) in [7, 11) is -3.43. The van der Waals surface area contributed by atoms with Gasteiger partial charge in [-0.2, -0.15) is 13.2 Å². The number of alkyl halides is 3. The van der Waals surface area contributed by atoms with E-state index < -0.39 is 38.8 Å². The van der Waals surface area contributed by atoms with Gasteiger partial charge in [0.2, 0.25) is 5.91 Å². The molecule has 0 aliphatic carbocycles. The first kappa shape index (κ1) is 23.7. The maximum absolute atomic E-state index is 13.2. The van der Waals surface area contributed by atoms with Gasteiger partial charge in [0.25, 0.3) is 5.91 Å². The highest BCUT2D eigenvalue weighted by Crippen LogP contribution is 2.38. The number of carbonyl (C=O) groups is 2. The van der Waals surface area contributed by atoms with Crippen LogP contribution in [0.15, 0.2) is 53.4 Å². The van der Waals surface area contributed by atoms with Crippen LogP contribution in [0.2, 0.25) is 0 Å². The molecule has 1 fully saturated rings. The van der Waals surface area contributed by atoms with Crippen molar-refractivity contribution in [3.63, 3.8) is 0 Å². The predicted molar refractivity (Wildman–Crippen MR) is 108 cm³/mol. The largest absolute Gasteiger partial charge is 0.416 e. The van der Waals surface area contributed by atoms with Crippen molar-refractivity contribution in [2.45, 2.75) is 29.3 Å². The van der Waals surface area contributed by atoms with Gasteiger partial charge in [-0.1, -0.05) is 18.2 Å². The lowest BCUT2D eigenvalue weighted by atomic mass is 9.73. The molecular weight excluding hydrogens is 449 g/mol. The fraction of sp³-hybridized carbons (Fsp3) is 0.333. The third-order valence-corrected chi connectivity index (χ3v) is 6.49. The molecule has 0 atom stereocenters. The summed E-state index contributed by atoms with van der Waals surface area (Å²) >= 11 is 0. The van der Waals surface area contributed by atoms with Crippen LogP contribution in [0.4, 0.5) is 13.2 Å². The number of ether oxygens (including phenoxy) is 1. The molecule has 1 heterocycles. The number of rotatable bonds is 4. The second-order valence-electron chi connectivity index (χ2n) is 7.48. The molecule has 0 spiro atoms. The normalized spacial score (nSPS) is 16.2. The summed E-state index contributed by atoms with van der Waals surface area (Å²) < 4.78 is 67.9. The molecule has 0 radical (unpaired) electrons. The molecule has 2 aromatic carbocycles. The summed E-state index contributed by atoms with van der Waals surface area (Å²) in [6, 6.07) is 9.65. The molecule has 0 bridgehead atoms. The average Bonchev–Trinajstić information content (AvgIpc) is 2.76. The lowest BCUT2D eigenvalue weighted by Gasteiger charge is -2.36. The minimum atomic E-state index is -4.56. The third kappa shape index (κ3) is 5.10. The molecule has 3 rings (SSSR count). The minimum Gasteiger partial charge on any atom is -0.381 e. The van der Waals surface area contributed by atoms with Gasteiger partial charge < -0.3 is 4.74 Å². The van der Waals surface area contributed by atoms with Crippen LogP contribution in [0.5, 0.6) is 0 Å². The molecule has 1 aliphatic rings. The summed E-state index contributed by atoms with van der Waals surface area (Å²) in [5, 5.41) is 0. The van der Waals surface area contributed by atoms with Crippen LogP contribution in [0.3, 0.4) is 0 Å². The Labute approximate surface area is 182 Å². The molecule has 0 unspecified atom stereocenters. The fourth-order valence-electron chi connectivity index (χ4n) is 3.52. The van der Waals surface area contributed by atoms with E-state index in [9.17, 15) is 31.2 Å². The highest BCUT2D eigenvalue weighted by molar-refractivity contribution is 7.90. The van der Waals surface area contributed by atoms with Crippen LogP contribution in [-0.2, 0) is 31.0 Å². The Bertz CT molecular complexity index is 1110. The van der Waals surface area contributed by atoms with E-state index in [-0.39, 0.29) is 42.1 Å². The minimum absolute atomic E-state index is 0.0313. The fourth-order valence-corrected chi connectivity index (χ4v) is 4.15. The Morgan fingerprint density at radius 3 is 2.19 bits per heavy atom. The molecule has 1 saturated heterocycles. The standard InChI is InChI=1S/C21H21F3N2O5S/c1-32(29,30)17-7-5-14(6-8-17)18(27)25-26-19(28)20(9-11-31-12-10-20)15-3-2-4-16(13-15)21(22,23)24/h2-8,13H,9-12H2,1H3,(H,25,27)(H,26,28). The van der Waals surface area contributed by atoms with Gasteiger partial charge >= 0.3 is 6.18 Å². The first-order chi connectivity index (χ1) is 14.9. The predicted octanol–water partition coefficient (Wildman–Crippen LogP) is 2.62. The summed E-state index contributed by atoms with van der Waals surface area (Å²) in [4.78, 5) is 25.5. The van der Waals surface area contributed by atoms with Crippen molar-refractivity contribution in [1.29, 1.82) is 0 Å². The first-order valence-electron chi connectivity index (χ1n) is 9.60. The Morgan fingerprint density at radius 2 is 1.62 bits per heavy atom. The van der Waals surface area contributed by atoms with E-state index in [0.29, 0.717) is 0 Å². The van der Waals surface area contributed by atoms with Gasteiger partial charge in [-0.3, -0.25) is 20.4 Å². The quantitative estimate of drug-likeness (QED) is 0.669. The number of hydrogen-bond donors (Lipinski definition) is 2. The van der Waals surface area contributed by atoms with E-state index in [0.717, 1.165) is 18.4 Å². The zero-order chi connectivity index (χ0) is 23.6. The molecule has 7 nitrogen and oxygen atoms in total. The first-order valence-corrected chi connectivity index (χ1v) is 11.5. The van der Waals surface area contributed by atoms with Crippen molar-refractivity contribution in [2.75, 3.05) is 19.5 Å². The topological polar surface area (TPSA) is 102 Å². The Hall–Kier alpha value is -2.92. The zero-order valence-corrected chi connectivity index (χ0v) is 17.8. The van der Waals surface area contributed by atoms with Gasteiger partial charge in [0, 0.05) is 25.0 Å². The van der Waals surface area contributed by atoms with Crippen molar-refractivity contribution in [2.24, 2.45) is 0 Å². The molecule has 0 aromatic heterocycles. The monoisotopic (exact) mass is 470 g/mol. The Morgan fingerprint density at radius 1 is 1.00 bits per heavy atom. The highest BCUT2D eigenvalue weighted by atomic mass is 32.2. The van der Waals surface area contributed by atoms with Gasteiger partial charge in [-0.25, -0.2) is 8.42 Å². The van der Waals surface area contributed by atoms with Crippen molar-refractivity contribution in [1.82, 2.24) is 10.9 Å². The van der Waals surface area contributed by atoms with E-state index in [1.807, 2.05) is 0 Å². The molecular formula is C21H21F3N2O5S. The second-order valence-corrected chi connectivity index (χ2v) is 9.49. The van der Waals surface area contributed by atoms with E-state index in [4.69, 9.17) is 4.74 Å². The molecule has 2 aromatic rings. The lowest BCUT2D eigenvalue weighted by molar-refractivity contribution is -0.138. The summed E-state index contributed by atoms with van der Waals surface area (Å²) in [6.45, 7) is 0.342. The van der Waals surface area contributed by atoms with Gasteiger partial charge in [0.15, 0.2) is 9.84 Å². The van der Waals surface area contributed by atoms with E-state index in [2.05, 4.69) is 10.9 Å². The summed E-state index contributed by atoms with van der Waals surface area (Å²) in [6.07, 6.45) is -3.26. The van der Waals surface area contributed by atoms with E-state index in [1.165, 1.54) is 36.4 Å². The molecule has 2 N–H and O–H groups in total. The van der Waals surface area contributed by atoms with Crippen LogP contribution in [0, 0.1) is 0 Å². The summed E-state index contributed by atoms with van der Waals surface area (Å²) in [5.74, 6) is -1.37. The number of amides is 2. The van der Waals surface area contributed by atoms with Gasteiger partial charge in [-0.15, -0.1) is 0 Å². The number of benzene rings is 2. The molecule has 32 heavy (non-hydrogen) atoms. The van der Waals surface area contributed by atoms with Crippen molar-refractivity contribution in [3.05, 3.63) is 65.2 Å². The van der Waals surface area contributed by atoms with Crippen LogP contribution in [-0.4, -0.2) is 39.7 Å². The van der Waals surface area contributed by atoms with E-state index in [1.54, 1.807) is 0 Å². The van der Waals surface area contributed by atoms with Crippen LogP contribution >= 0.6 is 0 Å². The Balaban J connectivity index is 1.79. The SMILES string of the molecule is CS(=O)(=O)c1ccc(C(=O)NNC(=O)C2(c3cccc(C(F)(F)F)c3)CCOCC2)cc1. The van der Waals surface area contributed by atoms with Crippen molar-refractivity contribution in [3.8, 4) is 0 Å². The maximum atomic E-state index is 13.2. The average molecular weight is 470 g/mol. The molecule has 172 valence electrons. The molecule has 1 aliphatic heterocycles. The van der Waals surface area contributed by atoms with Gasteiger partial charge in [0.1, 0.15) is 0 Å². The third-order valence-electron chi connectivity index (χ3n) is 5.36. The second kappa shape index (κ2) is 8.91. The van der Waals surface area contributed by atoms with Crippen LogP contribution in [0.25, 0.3) is 0 Å².